The average Bonchev–Trinajstić information content (AvgIpc) is 2.52. The standard InChI is InChI=1S/C17H15N3O2/c1-12-3-2-4-14(9-12)10-16(21)19-20-17(22)15-7-5-13(11-18)6-8-15/h2-9H,10H2,1H3,(H,19,21)(H,20,22). The van der Waals surface area contributed by atoms with Crippen molar-refractivity contribution in [2.45, 2.75) is 13.3 Å². The number of nitrogens with one attached hydrogen (secondary N) is 2. The number of nitrogens with zero attached hydrogens (tertiary/aromatic N) is 1. The normalized spacial score (nSPS) is 9.64. The molecular formula is C17H15N3O2. The molecule has 2 aromatic rings. The van der Waals surface area contributed by atoms with E-state index < -0.39 is 5.91 Å². The molecule has 0 spiro atoms. The summed E-state index contributed by atoms with van der Waals surface area (Å²) in [4.78, 5) is 23.6. The van der Waals surface area contributed by atoms with Gasteiger partial charge in [-0.1, -0.05) is 29.8 Å². The van der Waals surface area contributed by atoms with Gasteiger partial charge in [-0.15, -0.1) is 0 Å². The predicted octanol–water partition coefficient (Wildman–Crippen LogP) is 1.87. The molecule has 0 aliphatic heterocycles. The first kappa shape index (κ1) is 15.3. The molecule has 0 atom stereocenters. The largest absolute Gasteiger partial charge is 0.273 e. The number of hydrogen-bond acceptors (Lipinski definition) is 3. The number of hydrogen-bond donors (Lipinski definition) is 2. The average molecular weight is 293 g/mol. The van der Waals surface area contributed by atoms with Crippen molar-refractivity contribution in [3.63, 3.8) is 0 Å². The highest BCUT2D eigenvalue weighted by Crippen LogP contribution is 2.05. The summed E-state index contributed by atoms with van der Waals surface area (Å²) < 4.78 is 0. The lowest BCUT2D eigenvalue weighted by Crippen LogP contribution is -2.42. The second kappa shape index (κ2) is 7.04. The van der Waals surface area contributed by atoms with Gasteiger partial charge in [-0.2, -0.15) is 5.26 Å². The van der Waals surface area contributed by atoms with Crippen LogP contribution in [0.5, 0.6) is 0 Å². The smallest absolute Gasteiger partial charge is 0.269 e. The number of carbonyl (C=O) groups excluding carboxylic acids is 2. The van der Waals surface area contributed by atoms with Gasteiger partial charge in [0.25, 0.3) is 5.91 Å². The van der Waals surface area contributed by atoms with Crippen molar-refractivity contribution >= 4 is 11.8 Å². The monoisotopic (exact) mass is 293 g/mol. The fourth-order valence-corrected chi connectivity index (χ4v) is 1.95. The van der Waals surface area contributed by atoms with Gasteiger partial charge in [-0.05, 0) is 36.8 Å². The quantitative estimate of drug-likeness (QED) is 0.848. The van der Waals surface area contributed by atoms with Crippen LogP contribution in [0.25, 0.3) is 0 Å². The van der Waals surface area contributed by atoms with E-state index >= 15 is 0 Å². The number of carbonyl (C=O) groups is 2. The Balaban J connectivity index is 1.87. The van der Waals surface area contributed by atoms with Gasteiger partial charge in [0.1, 0.15) is 0 Å². The summed E-state index contributed by atoms with van der Waals surface area (Å²) in [7, 11) is 0. The molecule has 22 heavy (non-hydrogen) atoms. The van der Waals surface area contributed by atoms with E-state index in [2.05, 4.69) is 10.9 Å². The summed E-state index contributed by atoms with van der Waals surface area (Å²) >= 11 is 0. The van der Waals surface area contributed by atoms with Crippen LogP contribution in [0.2, 0.25) is 0 Å². The molecule has 5 nitrogen and oxygen atoms in total. The topological polar surface area (TPSA) is 82.0 Å². The maximum Gasteiger partial charge on any atom is 0.269 e. The second-order valence-corrected chi connectivity index (χ2v) is 4.86. The molecule has 0 radical (unpaired) electrons. The molecule has 0 aliphatic rings. The third kappa shape index (κ3) is 4.18. The van der Waals surface area contributed by atoms with Crippen LogP contribution in [0, 0.1) is 18.3 Å². The van der Waals surface area contributed by atoms with E-state index in [1.54, 1.807) is 12.1 Å². The van der Waals surface area contributed by atoms with E-state index in [4.69, 9.17) is 5.26 Å². The van der Waals surface area contributed by atoms with E-state index in [-0.39, 0.29) is 12.3 Å². The van der Waals surface area contributed by atoms with Gasteiger partial charge in [-0.3, -0.25) is 20.4 Å². The van der Waals surface area contributed by atoms with Crippen molar-refractivity contribution in [3.8, 4) is 6.07 Å². The first-order chi connectivity index (χ1) is 10.6. The van der Waals surface area contributed by atoms with Crippen molar-refractivity contribution < 1.29 is 9.59 Å². The number of aryl methyl sites for hydroxylation is 1. The van der Waals surface area contributed by atoms with Crippen LogP contribution >= 0.6 is 0 Å². The minimum Gasteiger partial charge on any atom is -0.273 e. The van der Waals surface area contributed by atoms with Crippen LogP contribution in [0.1, 0.15) is 27.0 Å². The number of rotatable bonds is 3. The zero-order valence-corrected chi connectivity index (χ0v) is 12.1. The van der Waals surface area contributed by atoms with Gasteiger partial charge in [-0.25, -0.2) is 0 Å². The SMILES string of the molecule is Cc1cccc(CC(=O)NNC(=O)c2ccc(C#N)cc2)c1. The molecule has 0 saturated heterocycles. The van der Waals surface area contributed by atoms with Gasteiger partial charge < -0.3 is 0 Å². The highest BCUT2D eigenvalue weighted by atomic mass is 16.2. The minimum absolute atomic E-state index is 0.190. The highest BCUT2D eigenvalue weighted by Gasteiger charge is 2.08. The lowest BCUT2D eigenvalue weighted by Gasteiger charge is -2.08. The molecular weight excluding hydrogens is 278 g/mol. The Hall–Kier alpha value is -3.13. The van der Waals surface area contributed by atoms with Crippen LogP contribution in [0.15, 0.2) is 48.5 Å². The van der Waals surface area contributed by atoms with Crippen LogP contribution in [0.4, 0.5) is 0 Å². The maximum absolute atomic E-state index is 11.8. The summed E-state index contributed by atoms with van der Waals surface area (Å²) in [6.45, 7) is 1.95. The van der Waals surface area contributed by atoms with E-state index in [1.165, 1.54) is 12.1 Å². The highest BCUT2D eigenvalue weighted by molar-refractivity contribution is 5.95. The summed E-state index contributed by atoms with van der Waals surface area (Å²) in [6.07, 6.45) is 0.190. The fraction of sp³-hybridized carbons (Fsp3) is 0.118. The second-order valence-electron chi connectivity index (χ2n) is 4.86. The number of hydrazine groups is 1. The molecule has 5 heteroatoms. The Morgan fingerprint density at radius 2 is 1.82 bits per heavy atom. The minimum atomic E-state index is -0.429. The molecule has 0 heterocycles. The van der Waals surface area contributed by atoms with Gasteiger partial charge in [0.15, 0.2) is 0 Å². The van der Waals surface area contributed by atoms with Gasteiger partial charge >= 0.3 is 0 Å². The zero-order valence-electron chi connectivity index (χ0n) is 12.1. The molecule has 0 aromatic heterocycles. The van der Waals surface area contributed by atoms with Crippen molar-refractivity contribution in [1.29, 1.82) is 5.26 Å². The summed E-state index contributed by atoms with van der Waals surface area (Å²) in [5.74, 6) is -0.727. The Morgan fingerprint density at radius 3 is 2.45 bits per heavy atom. The van der Waals surface area contributed by atoms with Gasteiger partial charge in [0, 0.05) is 5.56 Å². The van der Waals surface area contributed by atoms with Crippen LogP contribution in [0.3, 0.4) is 0 Å². The first-order valence-electron chi connectivity index (χ1n) is 6.73. The molecule has 2 N–H and O–H groups in total. The van der Waals surface area contributed by atoms with Crippen molar-refractivity contribution in [3.05, 3.63) is 70.8 Å². The Labute approximate surface area is 128 Å². The Morgan fingerprint density at radius 1 is 1.09 bits per heavy atom. The van der Waals surface area contributed by atoms with E-state index in [9.17, 15) is 9.59 Å². The summed E-state index contributed by atoms with van der Waals surface area (Å²) in [5, 5.41) is 8.70. The molecule has 0 fully saturated rings. The van der Waals surface area contributed by atoms with E-state index in [0.29, 0.717) is 11.1 Å². The van der Waals surface area contributed by atoms with E-state index in [1.807, 2.05) is 37.3 Å². The molecule has 2 rings (SSSR count). The van der Waals surface area contributed by atoms with Crippen molar-refractivity contribution in [2.24, 2.45) is 0 Å². The number of amides is 2. The lowest BCUT2D eigenvalue weighted by atomic mass is 10.1. The lowest BCUT2D eigenvalue weighted by molar-refractivity contribution is -0.121. The Bertz CT molecular complexity index is 730. The number of benzene rings is 2. The van der Waals surface area contributed by atoms with Crippen LogP contribution in [-0.4, -0.2) is 11.8 Å². The first-order valence-corrected chi connectivity index (χ1v) is 6.73. The van der Waals surface area contributed by atoms with Crippen LogP contribution in [-0.2, 0) is 11.2 Å². The molecule has 0 unspecified atom stereocenters. The fourth-order valence-electron chi connectivity index (χ4n) is 1.95. The third-order valence-electron chi connectivity index (χ3n) is 3.04. The molecule has 2 amide bonds. The Kier molecular flexibility index (Phi) is 4.89. The summed E-state index contributed by atoms with van der Waals surface area (Å²) in [5.41, 5.74) is 7.52. The van der Waals surface area contributed by atoms with Crippen molar-refractivity contribution in [1.82, 2.24) is 10.9 Å². The molecule has 0 saturated carbocycles. The predicted molar refractivity (Wildman–Crippen MR) is 81.6 cm³/mol. The maximum atomic E-state index is 11.8. The third-order valence-corrected chi connectivity index (χ3v) is 3.04. The summed E-state index contributed by atoms with van der Waals surface area (Å²) in [6, 6.07) is 15.7. The van der Waals surface area contributed by atoms with Gasteiger partial charge in [0.05, 0.1) is 18.1 Å². The number of nitriles is 1. The zero-order chi connectivity index (χ0) is 15.9. The molecule has 0 bridgehead atoms. The van der Waals surface area contributed by atoms with Crippen molar-refractivity contribution in [2.75, 3.05) is 0 Å². The van der Waals surface area contributed by atoms with Crippen LogP contribution < -0.4 is 10.9 Å². The van der Waals surface area contributed by atoms with Gasteiger partial charge in [0.2, 0.25) is 5.91 Å². The van der Waals surface area contributed by atoms with E-state index in [0.717, 1.165) is 11.1 Å². The molecule has 110 valence electrons. The molecule has 0 aliphatic carbocycles. The molecule has 2 aromatic carbocycles.